The molecule has 3 aromatic rings. The Morgan fingerprint density at radius 2 is 1.78 bits per heavy atom. The largest absolute Gasteiger partial charge is 0.322 e. The SMILES string of the molecule is Cc1cc(C)c(-c2nc(Cc3ncc(Cl)n3C)sc2C)cc1C. The molecule has 23 heavy (non-hydrogen) atoms. The summed E-state index contributed by atoms with van der Waals surface area (Å²) in [4.78, 5) is 10.5. The summed E-state index contributed by atoms with van der Waals surface area (Å²) >= 11 is 7.80. The minimum atomic E-state index is 0.651. The Bertz CT molecular complexity index is 877. The number of benzene rings is 1. The van der Waals surface area contributed by atoms with E-state index in [1.54, 1.807) is 17.5 Å². The van der Waals surface area contributed by atoms with Gasteiger partial charge in [0, 0.05) is 17.5 Å². The lowest BCUT2D eigenvalue weighted by atomic mass is 9.98. The molecule has 0 atom stereocenters. The zero-order chi connectivity index (χ0) is 16.7. The van der Waals surface area contributed by atoms with Gasteiger partial charge in [0.1, 0.15) is 16.0 Å². The number of nitrogens with zero attached hydrogens (tertiary/aromatic N) is 3. The van der Waals surface area contributed by atoms with Gasteiger partial charge in [-0.3, -0.25) is 0 Å². The molecule has 0 amide bonds. The van der Waals surface area contributed by atoms with Crippen molar-refractivity contribution in [1.29, 1.82) is 0 Å². The summed E-state index contributed by atoms with van der Waals surface area (Å²) in [6, 6.07) is 4.48. The highest BCUT2D eigenvalue weighted by Gasteiger charge is 2.15. The van der Waals surface area contributed by atoms with Crippen LogP contribution in [-0.2, 0) is 13.5 Å². The van der Waals surface area contributed by atoms with Crippen LogP contribution in [0.5, 0.6) is 0 Å². The Balaban J connectivity index is 1.98. The van der Waals surface area contributed by atoms with E-state index in [-0.39, 0.29) is 0 Å². The average Bonchev–Trinajstić information content (AvgIpc) is 3.00. The predicted molar refractivity (Wildman–Crippen MR) is 97.5 cm³/mol. The van der Waals surface area contributed by atoms with Crippen molar-refractivity contribution in [3.63, 3.8) is 0 Å². The molecule has 0 radical (unpaired) electrons. The molecular weight excluding hydrogens is 326 g/mol. The third-order valence-electron chi connectivity index (χ3n) is 4.27. The van der Waals surface area contributed by atoms with E-state index in [9.17, 15) is 0 Å². The van der Waals surface area contributed by atoms with E-state index < -0.39 is 0 Å². The van der Waals surface area contributed by atoms with Crippen LogP contribution < -0.4 is 0 Å². The third kappa shape index (κ3) is 3.06. The molecule has 0 N–H and O–H groups in total. The zero-order valence-electron chi connectivity index (χ0n) is 14.1. The normalized spacial score (nSPS) is 11.2. The maximum Gasteiger partial charge on any atom is 0.128 e. The Kier molecular flexibility index (Phi) is 4.30. The molecule has 2 aromatic heterocycles. The van der Waals surface area contributed by atoms with Crippen molar-refractivity contribution in [2.75, 3.05) is 0 Å². The number of aryl methyl sites for hydroxylation is 4. The smallest absolute Gasteiger partial charge is 0.128 e. The molecule has 0 aliphatic rings. The highest BCUT2D eigenvalue weighted by molar-refractivity contribution is 7.12. The second kappa shape index (κ2) is 6.10. The fraction of sp³-hybridized carbons (Fsp3) is 0.333. The molecular formula is C18H20ClN3S. The molecule has 0 aliphatic heterocycles. The molecule has 0 fully saturated rings. The van der Waals surface area contributed by atoms with Gasteiger partial charge in [-0.25, -0.2) is 9.97 Å². The Labute approximate surface area is 146 Å². The Morgan fingerprint density at radius 3 is 2.43 bits per heavy atom. The molecule has 0 saturated heterocycles. The first-order chi connectivity index (χ1) is 10.9. The number of aromatic nitrogens is 3. The number of rotatable bonds is 3. The monoisotopic (exact) mass is 345 g/mol. The Morgan fingerprint density at radius 1 is 1.09 bits per heavy atom. The zero-order valence-corrected chi connectivity index (χ0v) is 15.6. The van der Waals surface area contributed by atoms with Gasteiger partial charge >= 0.3 is 0 Å². The topological polar surface area (TPSA) is 30.7 Å². The van der Waals surface area contributed by atoms with E-state index >= 15 is 0 Å². The van der Waals surface area contributed by atoms with Gasteiger partial charge in [0.05, 0.1) is 18.3 Å². The summed E-state index contributed by atoms with van der Waals surface area (Å²) in [6.07, 6.45) is 2.39. The lowest BCUT2D eigenvalue weighted by Gasteiger charge is -2.08. The van der Waals surface area contributed by atoms with Crippen molar-refractivity contribution in [3.8, 4) is 11.3 Å². The molecule has 0 aliphatic carbocycles. The van der Waals surface area contributed by atoms with Crippen LogP contribution in [0.1, 0.15) is 32.4 Å². The highest BCUT2D eigenvalue weighted by atomic mass is 35.5. The standard InChI is InChI=1S/C18H20ClN3S/c1-10-6-12(3)14(7-11(10)2)18-13(4)23-17(21-18)8-16-20-9-15(19)22(16)5/h6-7,9H,8H2,1-5H3. The quantitative estimate of drug-likeness (QED) is 0.667. The van der Waals surface area contributed by atoms with Gasteiger partial charge in [-0.1, -0.05) is 17.7 Å². The van der Waals surface area contributed by atoms with Crippen LogP contribution in [0.2, 0.25) is 5.15 Å². The van der Waals surface area contributed by atoms with E-state index in [0.717, 1.165) is 16.5 Å². The lowest BCUT2D eigenvalue weighted by molar-refractivity contribution is 0.820. The van der Waals surface area contributed by atoms with Crippen LogP contribution in [0.3, 0.4) is 0 Å². The van der Waals surface area contributed by atoms with Gasteiger partial charge < -0.3 is 4.57 Å². The first kappa shape index (κ1) is 16.2. The molecule has 0 unspecified atom stereocenters. The van der Waals surface area contributed by atoms with Crippen LogP contribution >= 0.6 is 22.9 Å². The second-order valence-electron chi connectivity index (χ2n) is 6.00. The summed E-state index contributed by atoms with van der Waals surface area (Å²) in [5.41, 5.74) is 6.21. The summed E-state index contributed by atoms with van der Waals surface area (Å²) in [7, 11) is 1.93. The maximum absolute atomic E-state index is 6.06. The molecule has 120 valence electrons. The molecule has 1 aromatic carbocycles. The summed E-state index contributed by atoms with van der Waals surface area (Å²) < 4.78 is 1.90. The van der Waals surface area contributed by atoms with Gasteiger partial charge in [-0.2, -0.15) is 0 Å². The number of imidazole rings is 1. The predicted octanol–water partition coefficient (Wildman–Crippen LogP) is 5.02. The fourth-order valence-electron chi connectivity index (χ4n) is 2.72. The van der Waals surface area contributed by atoms with Gasteiger partial charge in [0.15, 0.2) is 0 Å². The minimum absolute atomic E-state index is 0.651. The van der Waals surface area contributed by atoms with Crippen molar-refractivity contribution < 1.29 is 0 Å². The van der Waals surface area contributed by atoms with Crippen molar-refractivity contribution >= 4 is 22.9 Å². The highest BCUT2D eigenvalue weighted by Crippen LogP contribution is 2.32. The molecule has 3 nitrogen and oxygen atoms in total. The van der Waals surface area contributed by atoms with Crippen LogP contribution in [0.4, 0.5) is 0 Å². The molecule has 5 heteroatoms. The molecule has 0 saturated carbocycles. The maximum atomic E-state index is 6.06. The summed E-state index contributed by atoms with van der Waals surface area (Å²) in [5.74, 6) is 0.937. The van der Waals surface area contributed by atoms with Gasteiger partial charge in [-0.15, -0.1) is 11.3 Å². The first-order valence-corrected chi connectivity index (χ1v) is 8.77. The second-order valence-corrected chi connectivity index (χ2v) is 7.67. The number of halogens is 1. The van der Waals surface area contributed by atoms with Crippen molar-refractivity contribution in [2.45, 2.75) is 34.1 Å². The molecule has 3 rings (SSSR count). The van der Waals surface area contributed by atoms with Crippen molar-refractivity contribution in [2.24, 2.45) is 7.05 Å². The minimum Gasteiger partial charge on any atom is -0.322 e. The van der Waals surface area contributed by atoms with Gasteiger partial charge in [0.25, 0.3) is 0 Å². The van der Waals surface area contributed by atoms with Crippen molar-refractivity contribution in [3.05, 3.63) is 55.9 Å². The van der Waals surface area contributed by atoms with Crippen LogP contribution in [0, 0.1) is 27.7 Å². The van der Waals surface area contributed by atoms with E-state index in [1.807, 2.05) is 11.6 Å². The van der Waals surface area contributed by atoms with Crippen LogP contribution in [0.15, 0.2) is 18.3 Å². The molecule has 0 bridgehead atoms. The van der Waals surface area contributed by atoms with Gasteiger partial charge in [-0.05, 0) is 50.5 Å². The average molecular weight is 346 g/mol. The number of thiazole rings is 1. The molecule has 0 spiro atoms. The lowest BCUT2D eigenvalue weighted by Crippen LogP contribution is -1.99. The summed E-state index contributed by atoms with van der Waals surface area (Å²) in [6.45, 7) is 8.59. The Hall–Kier alpha value is -1.65. The van der Waals surface area contributed by atoms with Gasteiger partial charge in [0.2, 0.25) is 0 Å². The number of hydrogen-bond donors (Lipinski definition) is 0. The van der Waals surface area contributed by atoms with E-state index in [1.165, 1.54) is 27.1 Å². The molecule has 2 heterocycles. The van der Waals surface area contributed by atoms with E-state index in [4.69, 9.17) is 16.6 Å². The van der Waals surface area contributed by atoms with Crippen molar-refractivity contribution in [1.82, 2.24) is 14.5 Å². The van der Waals surface area contributed by atoms with Crippen LogP contribution in [0.25, 0.3) is 11.3 Å². The van der Waals surface area contributed by atoms with Crippen LogP contribution in [-0.4, -0.2) is 14.5 Å². The number of hydrogen-bond acceptors (Lipinski definition) is 3. The third-order valence-corrected chi connectivity index (χ3v) is 5.60. The first-order valence-electron chi connectivity index (χ1n) is 7.57. The summed E-state index contributed by atoms with van der Waals surface area (Å²) in [5, 5.41) is 1.72. The fourth-order valence-corrected chi connectivity index (χ4v) is 3.81. The van der Waals surface area contributed by atoms with E-state index in [0.29, 0.717) is 11.6 Å². The van der Waals surface area contributed by atoms with E-state index in [2.05, 4.69) is 44.8 Å².